The number of rotatable bonds is 4. The standard InChI is InChI=1S/C12H11N5O4S/c18-11(9-6-7-10(21-9)17(19)20)14-16-12(22)15-13-8-4-2-1-3-5-8/h1-7,13H,(H,14,18)(H2,15,16,22). The van der Waals surface area contributed by atoms with Crippen molar-refractivity contribution in [2.24, 2.45) is 0 Å². The number of carbonyl (C=O) groups is 1. The molecular weight excluding hydrogens is 310 g/mol. The summed E-state index contributed by atoms with van der Waals surface area (Å²) >= 11 is 4.93. The largest absolute Gasteiger partial charge is 0.433 e. The Morgan fingerprint density at radius 1 is 1.09 bits per heavy atom. The molecule has 0 aliphatic rings. The molecule has 10 heteroatoms. The van der Waals surface area contributed by atoms with Gasteiger partial charge in [-0.25, -0.2) is 0 Å². The molecule has 0 fully saturated rings. The molecule has 114 valence electrons. The Morgan fingerprint density at radius 3 is 2.45 bits per heavy atom. The molecule has 2 rings (SSSR count). The van der Waals surface area contributed by atoms with E-state index in [1.165, 1.54) is 6.07 Å². The maximum Gasteiger partial charge on any atom is 0.433 e. The molecule has 0 radical (unpaired) electrons. The van der Waals surface area contributed by atoms with Crippen LogP contribution in [0.15, 0.2) is 46.9 Å². The second-order valence-corrected chi connectivity index (χ2v) is 4.33. The monoisotopic (exact) mass is 321 g/mol. The molecule has 0 saturated carbocycles. The van der Waals surface area contributed by atoms with Crippen LogP contribution in [0.3, 0.4) is 0 Å². The first kappa shape index (κ1) is 15.3. The van der Waals surface area contributed by atoms with Crippen molar-refractivity contribution in [2.45, 2.75) is 0 Å². The average molecular weight is 321 g/mol. The van der Waals surface area contributed by atoms with Gasteiger partial charge in [-0.2, -0.15) is 0 Å². The molecule has 4 N–H and O–H groups in total. The minimum Gasteiger partial charge on any atom is -0.395 e. The van der Waals surface area contributed by atoms with Crippen molar-refractivity contribution in [1.29, 1.82) is 0 Å². The highest BCUT2D eigenvalue weighted by Crippen LogP contribution is 2.14. The van der Waals surface area contributed by atoms with Crippen LogP contribution >= 0.6 is 12.2 Å². The van der Waals surface area contributed by atoms with Gasteiger partial charge in [0.05, 0.1) is 11.8 Å². The van der Waals surface area contributed by atoms with E-state index >= 15 is 0 Å². The molecule has 1 amide bonds. The number of anilines is 1. The van der Waals surface area contributed by atoms with Gasteiger partial charge in [-0.05, 0) is 30.4 Å². The topological polar surface area (TPSA) is 121 Å². The molecule has 1 aromatic carbocycles. The first-order valence-electron chi connectivity index (χ1n) is 5.98. The van der Waals surface area contributed by atoms with Crippen LogP contribution in [-0.2, 0) is 0 Å². The SMILES string of the molecule is O=C(NNC(=S)NNc1ccccc1)c1ccc([N+](=O)[O-])o1. The molecule has 2 aromatic rings. The maximum atomic E-state index is 11.7. The molecule has 0 aliphatic carbocycles. The highest BCUT2D eigenvalue weighted by atomic mass is 32.1. The quantitative estimate of drug-likeness (QED) is 0.378. The Morgan fingerprint density at radius 2 is 1.82 bits per heavy atom. The first-order valence-corrected chi connectivity index (χ1v) is 6.38. The highest BCUT2D eigenvalue weighted by molar-refractivity contribution is 7.80. The summed E-state index contributed by atoms with van der Waals surface area (Å²) in [7, 11) is 0. The molecule has 0 atom stereocenters. The zero-order chi connectivity index (χ0) is 15.9. The molecule has 0 saturated heterocycles. The van der Waals surface area contributed by atoms with E-state index in [9.17, 15) is 14.9 Å². The zero-order valence-electron chi connectivity index (χ0n) is 11.0. The average Bonchev–Trinajstić information content (AvgIpc) is 3.02. The fourth-order valence-electron chi connectivity index (χ4n) is 1.40. The number of hydrogen-bond donors (Lipinski definition) is 4. The number of benzene rings is 1. The third-order valence-electron chi connectivity index (χ3n) is 2.38. The minimum atomic E-state index is -0.736. The van der Waals surface area contributed by atoms with Crippen molar-refractivity contribution in [3.8, 4) is 0 Å². The number of nitro groups is 1. The van der Waals surface area contributed by atoms with Crippen LogP contribution in [0.25, 0.3) is 0 Å². The number of hydrazine groups is 2. The lowest BCUT2D eigenvalue weighted by Crippen LogP contribution is -2.48. The number of nitrogens with one attached hydrogen (secondary N) is 4. The summed E-state index contributed by atoms with van der Waals surface area (Å²) in [5.41, 5.74) is 10.9. The summed E-state index contributed by atoms with van der Waals surface area (Å²) in [6.45, 7) is 0. The third-order valence-corrected chi connectivity index (χ3v) is 2.58. The molecular formula is C12H11N5O4S. The van der Waals surface area contributed by atoms with E-state index < -0.39 is 16.7 Å². The molecule has 22 heavy (non-hydrogen) atoms. The van der Waals surface area contributed by atoms with Gasteiger partial charge in [0.25, 0.3) is 0 Å². The molecule has 9 nitrogen and oxygen atoms in total. The van der Waals surface area contributed by atoms with Crippen molar-refractivity contribution in [1.82, 2.24) is 16.3 Å². The Hall–Kier alpha value is -3.14. The Labute approximate surface area is 129 Å². The maximum absolute atomic E-state index is 11.7. The lowest BCUT2D eigenvalue weighted by Gasteiger charge is -2.12. The van der Waals surface area contributed by atoms with E-state index in [0.717, 1.165) is 11.8 Å². The van der Waals surface area contributed by atoms with E-state index in [0.29, 0.717) is 0 Å². The van der Waals surface area contributed by atoms with Gasteiger partial charge in [0.15, 0.2) is 0 Å². The summed E-state index contributed by atoms with van der Waals surface area (Å²) in [5.74, 6) is -1.42. The van der Waals surface area contributed by atoms with Crippen LogP contribution in [0.5, 0.6) is 0 Å². The van der Waals surface area contributed by atoms with Crippen molar-refractivity contribution in [2.75, 3.05) is 5.43 Å². The van der Waals surface area contributed by atoms with E-state index in [2.05, 4.69) is 21.7 Å². The van der Waals surface area contributed by atoms with Gasteiger partial charge in [0.1, 0.15) is 4.92 Å². The molecule has 1 aromatic heterocycles. The third kappa shape index (κ3) is 4.18. The van der Waals surface area contributed by atoms with Gasteiger partial charge in [0.2, 0.25) is 10.9 Å². The number of furan rings is 1. The Bertz CT molecular complexity index is 688. The normalized spacial score (nSPS) is 9.64. The second-order valence-electron chi connectivity index (χ2n) is 3.92. The van der Waals surface area contributed by atoms with E-state index in [4.69, 9.17) is 16.6 Å². The fraction of sp³-hybridized carbons (Fsp3) is 0. The summed E-state index contributed by atoms with van der Waals surface area (Å²) in [6, 6.07) is 11.4. The molecule has 0 spiro atoms. The Balaban J connectivity index is 1.78. The molecule has 0 bridgehead atoms. The highest BCUT2D eigenvalue weighted by Gasteiger charge is 2.17. The Kier molecular flexibility index (Phi) is 4.88. The summed E-state index contributed by atoms with van der Waals surface area (Å²) in [5, 5.41) is 10.5. The number of carbonyl (C=O) groups excluding carboxylic acids is 1. The minimum absolute atomic E-state index is 0.0956. The molecule has 1 heterocycles. The van der Waals surface area contributed by atoms with Gasteiger partial charge in [-0.1, -0.05) is 18.2 Å². The van der Waals surface area contributed by atoms with Crippen LogP contribution in [0.2, 0.25) is 0 Å². The summed E-state index contributed by atoms with van der Waals surface area (Å²) < 4.78 is 4.74. The molecule has 0 unspecified atom stereocenters. The smallest absolute Gasteiger partial charge is 0.395 e. The number of hydrogen-bond acceptors (Lipinski definition) is 6. The number of thiocarbonyl (C=S) groups is 1. The fourth-order valence-corrected chi connectivity index (χ4v) is 1.51. The van der Waals surface area contributed by atoms with Crippen LogP contribution < -0.4 is 21.7 Å². The predicted octanol–water partition coefficient (Wildman–Crippen LogP) is 1.32. The molecule has 0 aliphatic heterocycles. The van der Waals surface area contributed by atoms with E-state index in [1.54, 1.807) is 0 Å². The summed E-state index contributed by atoms with van der Waals surface area (Å²) in [6.07, 6.45) is 0. The van der Waals surface area contributed by atoms with Crippen molar-refractivity contribution >= 4 is 34.8 Å². The van der Waals surface area contributed by atoms with Gasteiger partial charge in [-0.15, -0.1) is 0 Å². The second kappa shape index (κ2) is 7.04. The van der Waals surface area contributed by atoms with Gasteiger partial charge >= 0.3 is 11.8 Å². The van der Waals surface area contributed by atoms with E-state index in [-0.39, 0.29) is 10.9 Å². The van der Waals surface area contributed by atoms with Crippen molar-refractivity contribution < 1.29 is 14.1 Å². The van der Waals surface area contributed by atoms with E-state index in [1.807, 2.05) is 30.3 Å². The van der Waals surface area contributed by atoms with Crippen LogP contribution in [0.1, 0.15) is 10.6 Å². The lowest BCUT2D eigenvalue weighted by atomic mass is 10.3. The van der Waals surface area contributed by atoms with Crippen LogP contribution in [0, 0.1) is 10.1 Å². The van der Waals surface area contributed by atoms with Gasteiger partial charge < -0.3 is 4.42 Å². The van der Waals surface area contributed by atoms with Gasteiger partial charge in [0, 0.05) is 0 Å². The number of nitrogens with zero attached hydrogens (tertiary/aromatic N) is 1. The number of para-hydroxylation sites is 1. The van der Waals surface area contributed by atoms with Crippen LogP contribution in [-0.4, -0.2) is 15.9 Å². The first-order chi connectivity index (χ1) is 10.6. The summed E-state index contributed by atoms with van der Waals surface area (Å²) in [4.78, 5) is 21.4. The lowest BCUT2D eigenvalue weighted by molar-refractivity contribution is -0.402. The van der Waals surface area contributed by atoms with Crippen LogP contribution in [0.4, 0.5) is 11.6 Å². The van der Waals surface area contributed by atoms with Crippen molar-refractivity contribution in [3.05, 3.63) is 58.3 Å². The predicted molar refractivity (Wildman–Crippen MR) is 81.8 cm³/mol. The van der Waals surface area contributed by atoms with Gasteiger partial charge in [-0.3, -0.25) is 36.6 Å². The zero-order valence-corrected chi connectivity index (χ0v) is 11.8. The van der Waals surface area contributed by atoms with Crippen molar-refractivity contribution in [3.63, 3.8) is 0 Å². The number of amides is 1.